The van der Waals surface area contributed by atoms with Crippen molar-refractivity contribution in [3.63, 3.8) is 0 Å². The third kappa shape index (κ3) is 3.60. The summed E-state index contributed by atoms with van der Waals surface area (Å²) in [5, 5.41) is 10.2. The molecule has 0 bridgehead atoms. The molecule has 2 aromatic rings. The lowest BCUT2D eigenvalue weighted by Gasteiger charge is -2.07. The highest BCUT2D eigenvalue weighted by molar-refractivity contribution is 7.98. The maximum atomic E-state index is 11.3. The molecule has 0 aliphatic heterocycles. The molecule has 0 saturated carbocycles. The summed E-state index contributed by atoms with van der Waals surface area (Å²) in [4.78, 5) is 20.1. The van der Waals surface area contributed by atoms with E-state index in [0.717, 1.165) is 30.3 Å². The van der Waals surface area contributed by atoms with Gasteiger partial charge in [0, 0.05) is 25.4 Å². The van der Waals surface area contributed by atoms with E-state index >= 15 is 0 Å². The molecule has 0 atom stereocenters. The smallest absolute Gasteiger partial charge is 0.343 e. The number of aromatic amines is 1. The van der Waals surface area contributed by atoms with E-state index in [0.29, 0.717) is 10.9 Å². The maximum absolute atomic E-state index is 11.3. The Balaban J connectivity index is 2.07. The Morgan fingerprint density at radius 2 is 2.25 bits per heavy atom. The molecule has 7 nitrogen and oxygen atoms in total. The second-order valence-electron chi connectivity index (χ2n) is 4.40. The molecule has 0 fully saturated rings. The maximum Gasteiger partial charge on any atom is 0.343 e. The Morgan fingerprint density at radius 1 is 1.45 bits per heavy atom. The van der Waals surface area contributed by atoms with Crippen molar-refractivity contribution in [2.45, 2.75) is 31.2 Å². The average molecular weight is 294 g/mol. The summed E-state index contributed by atoms with van der Waals surface area (Å²) >= 11 is 1.43. The van der Waals surface area contributed by atoms with E-state index in [1.165, 1.54) is 16.3 Å². The highest BCUT2D eigenvalue weighted by Crippen LogP contribution is 2.18. The van der Waals surface area contributed by atoms with E-state index in [4.69, 9.17) is 0 Å². The number of hydrogen-bond acceptors (Lipinski definition) is 6. The number of rotatable bonds is 6. The molecule has 108 valence electrons. The molecule has 0 spiro atoms. The van der Waals surface area contributed by atoms with Gasteiger partial charge in [0.15, 0.2) is 5.16 Å². The molecule has 20 heavy (non-hydrogen) atoms. The highest BCUT2D eigenvalue weighted by Gasteiger charge is 2.08. The molecular formula is C12H18N6OS. The Labute approximate surface area is 121 Å². The zero-order valence-electron chi connectivity index (χ0n) is 11.8. The lowest BCUT2D eigenvalue weighted by molar-refractivity contribution is 0.765. The van der Waals surface area contributed by atoms with Gasteiger partial charge in [-0.1, -0.05) is 18.7 Å². The number of nitrogens with zero attached hydrogens (tertiary/aromatic N) is 4. The van der Waals surface area contributed by atoms with Crippen LogP contribution < -0.4 is 11.0 Å². The number of hydrogen-bond donors (Lipinski definition) is 2. The molecule has 0 aliphatic carbocycles. The van der Waals surface area contributed by atoms with E-state index in [9.17, 15) is 4.79 Å². The molecule has 8 heteroatoms. The van der Waals surface area contributed by atoms with Crippen LogP contribution in [0.5, 0.6) is 0 Å². The van der Waals surface area contributed by atoms with Crippen LogP contribution in [0.15, 0.2) is 16.0 Å². The van der Waals surface area contributed by atoms with Crippen LogP contribution in [0, 0.1) is 6.92 Å². The van der Waals surface area contributed by atoms with Gasteiger partial charge in [-0.2, -0.15) is 0 Å². The molecular weight excluding hydrogens is 276 g/mol. The van der Waals surface area contributed by atoms with E-state index in [-0.39, 0.29) is 5.69 Å². The first kappa shape index (κ1) is 14.6. The SMILES string of the molecule is CCCNc1cc(C)nc(CSc2n[nH]c(=O)n2C)n1. The van der Waals surface area contributed by atoms with Crippen LogP contribution in [0.2, 0.25) is 0 Å². The zero-order chi connectivity index (χ0) is 14.5. The van der Waals surface area contributed by atoms with E-state index in [2.05, 4.69) is 32.4 Å². The van der Waals surface area contributed by atoms with Crippen molar-refractivity contribution in [3.8, 4) is 0 Å². The monoisotopic (exact) mass is 294 g/mol. The van der Waals surface area contributed by atoms with Crippen LogP contribution in [-0.2, 0) is 12.8 Å². The third-order valence-corrected chi connectivity index (χ3v) is 3.65. The minimum Gasteiger partial charge on any atom is -0.370 e. The number of aryl methyl sites for hydroxylation is 1. The first-order valence-corrected chi connectivity index (χ1v) is 7.41. The Kier molecular flexibility index (Phi) is 4.78. The number of thioether (sulfide) groups is 1. The van der Waals surface area contributed by atoms with Crippen LogP contribution in [-0.4, -0.2) is 31.3 Å². The van der Waals surface area contributed by atoms with Crippen LogP contribution in [0.25, 0.3) is 0 Å². The summed E-state index contributed by atoms with van der Waals surface area (Å²) in [5.41, 5.74) is 0.702. The summed E-state index contributed by atoms with van der Waals surface area (Å²) in [6.07, 6.45) is 1.04. The summed E-state index contributed by atoms with van der Waals surface area (Å²) in [6.45, 7) is 4.93. The van der Waals surface area contributed by atoms with E-state index < -0.39 is 0 Å². The average Bonchev–Trinajstić information content (AvgIpc) is 2.74. The molecule has 2 N–H and O–H groups in total. The van der Waals surface area contributed by atoms with Crippen molar-refractivity contribution in [1.82, 2.24) is 24.7 Å². The molecule has 0 radical (unpaired) electrons. The van der Waals surface area contributed by atoms with Crippen LogP contribution in [0.4, 0.5) is 5.82 Å². The first-order valence-electron chi connectivity index (χ1n) is 6.42. The van der Waals surface area contributed by atoms with Crippen LogP contribution >= 0.6 is 11.8 Å². The van der Waals surface area contributed by atoms with Gasteiger partial charge >= 0.3 is 5.69 Å². The number of aromatic nitrogens is 5. The fraction of sp³-hybridized carbons (Fsp3) is 0.500. The predicted molar refractivity (Wildman–Crippen MR) is 78.9 cm³/mol. The third-order valence-electron chi connectivity index (χ3n) is 2.63. The predicted octanol–water partition coefficient (Wildman–Crippen LogP) is 1.32. The van der Waals surface area contributed by atoms with Gasteiger partial charge in [-0.25, -0.2) is 19.9 Å². The number of nitrogens with one attached hydrogen (secondary N) is 2. The van der Waals surface area contributed by atoms with Gasteiger partial charge in [0.05, 0.1) is 5.75 Å². The molecule has 0 unspecified atom stereocenters. The van der Waals surface area contributed by atoms with Crippen molar-refractivity contribution >= 4 is 17.6 Å². The van der Waals surface area contributed by atoms with Gasteiger partial charge in [0.1, 0.15) is 11.6 Å². The van der Waals surface area contributed by atoms with Crippen LogP contribution in [0.1, 0.15) is 24.9 Å². The summed E-state index contributed by atoms with van der Waals surface area (Å²) < 4.78 is 1.47. The standard InChI is InChI=1S/C12H18N6OS/c1-4-5-13-9-6-8(2)14-10(15-9)7-20-12-17-16-11(19)18(12)3/h6H,4-5,7H2,1-3H3,(H,16,19)(H,13,14,15). The fourth-order valence-electron chi connectivity index (χ4n) is 1.63. The van der Waals surface area contributed by atoms with Gasteiger partial charge < -0.3 is 5.32 Å². The molecule has 2 rings (SSSR count). The van der Waals surface area contributed by atoms with Gasteiger partial charge in [-0.3, -0.25) is 4.57 Å². The lowest BCUT2D eigenvalue weighted by Crippen LogP contribution is -2.13. The molecule has 2 aromatic heterocycles. The van der Waals surface area contributed by atoms with Crippen molar-refractivity contribution < 1.29 is 0 Å². The molecule has 0 saturated heterocycles. The Hall–Kier alpha value is -1.83. The van der Waals surface area contributed by atoms with Crippen molar-refractivity contribution in [3.05, 3.63) is 28.1 Å². The zero-order valence-corrected chi connectivity index (χ0v) is 12.6. The van der Waals surface area contributed by atoms with Crippen LogP contribution in [0.3, 0.4) is 0 Å². The van der Waals surface area contributed by atoms with Gasteiger partial charge in [-0.15, -0.1) is 5.10 Å². The first-order chi connectivity index (χ1) is 9.60. The minimum atomic E-state index is -0.219. The summed E-state index contributed by atoms with van der Waals surface area (Å²) in [5.74, 6) is 2.13. The molecule has 0 amide bonds. The number of H-pyrrole nitrogens is 1. The number of anilines is 1. The minimum absolute atomic E-state index is 0.219. The van der Waals surface area contributed by atoms with Crippen molar-refractivity contribution in [1.29, 1.82) is 0 Å². The topological polar surface area (TPSA) is 88.5 Å². The van der Waals surface area contributed by atoms with E-state index in [1.807, 2.05) is 13.0 Å². The van der Waals surface area contributed by atoms with Gasteiger partial charge in [0.2, 0.25) is 0 Å². The molecule has 0 aromatic carbocycles. The van der Waals surface area contributed by atoms with Gasteiger partial charge in [0.25, 0.3) is 0 Å². The van der Waals surface area contributed by atoms with Crippen molar-refractivity contribution in [2.75, 3.05) is 11.9 Å². The summed E-state index contributed by atoms with van der Waals surface area (Å²) in [7, 11) is 1.68. The Bertz CT molecular complexity index is 635. The largest absolute Gasteiger partial charge is 0.370 e. The Morgan fingerprint density at radius 3 is 2.90 bits per heavy atom. The van der Waals surface area contributed by atoms with Crippen molar-refractivity contribution in [2.24, 2.45) is 7.05 Å². The lowest BCUT2D eigenvalue weighted by atomic mass is 10.4. The summed E-state index contributed by atoms with van der Waals surface area (Å²) in [6, 6.07) is 1.92. The highest BCUT2D eigenvalue weighted by atomic mass is 32.2. The molecule has 2 heterocycles. The molecule has 0 aliphatic rings. The quantitative estimate of drug-likeness (QED) is 0.781. The van der Waals surface area contributed by atoms with E-state index in [1.54, 1.807) is 7.05 Å². The van der Waals surface area contributed by atoms with Gasteiger partial charge in [-0.05, 0) is 13.3 Å². The second-order valence-corrected chi connectivity index (χ2v) is 5.34. The normalized spacial score (nSPS) is 10.8. The second kappa shape index (κ2) is 6.56. The fourth-order valence-corrected chi connectivity index (χ4v) is 2.40.